The van der Waals surface area contributed by atoms with Crippen molar-refractivity contribution >= 4 is 54.7 Å². The Morgan fingerprint density at radius 3 is 2.57 bits per heavy atom. The standard InChI is InChI=1S/C33H20N6OS2/c1-2-8-21-18(6-1)16-24(35-21)28-20(22-12-13-34-36-22)17-27-31(29(28)19-7-3-9-23-32(19)38-39-37-23)30(25-10-4-14-40-25)33(42-27)26-11-5-15-41-26/h1-17,35H,(H,34,36)(H,37,38,39). The molecular formula is C33H20N6OS2. The SMILES string of the molecule is c1coc(-c2c(-c3cccs3)sc3cc(-c4cc[nH]n4)c(-c4cc5ccccc5[nH]4)c(-c4cccc5[nH]nnc45)c23)c1. The van der Waals surface area contributed by atoms with Crippen molar-refractivity contribution in [2.45, 2.75) is 0 Å². The molecule has 7 nitrogen and oxygen atoms in total. The lowest BCUT2D eigenvalue weighted by Gasteiger charge is -2.17. The predicted molar refractivity (Wildman–Crippen MR) is 171 cm³/mol. The van der Waals surface area contributed by atoms with Gasteiger partial charge >= 0.3 is 0 Å². The number of nitrogens with zero attached hydrogens (tertiary/aromatic N) is 3. The van der Waals surface area contributed by atoms with Gasteiger partial charge in [0.05, 0.1) is 22.4 Å². The molecule has 0 radical (unpaired) electrons. The van der Waals surface area contributed by atoms with Crippen LogP contribution in [0, 0.1) is 0 Å². The predicted octanol–water partition coefficient (Wildman–Crippen LogP) is 9.37. The monoisotopic (exact) mass is 580 g/mol. The molecule has 0 amide bonds. The van der Waals surface area contributed by atoms with Crippen molar-refractivity contribution < 1.29 is 4.42 Å². The largest absolute Gasteiger partial charge is 0.464 e. The minimum absolute atomic E-state index is 0.810. The number of rotatable bonds is 5. The van der Waals surface area contributed by atoms with E-state index in [2.05, 4.69) is 96.6 Å². The molecule has 9 aromatic rings. The number of hydrogen-bond donors (Lipinski definition) is 3. The highest BCUT2D eigenvalue weighted by Crippen LogP contribution is 2.54. The van der Waals surface area contributed by atoms with Crippen molar-refractivity contribution in [1.29, 1.82) is 0 Å². The lowest BCUT2D eigenvalue weighted by Crippen LogP contribution is -1.94. The quantitative estimate of drug-likeness (QED) is 0.189. The lowest BCUT2D eigenvalue weighted by molar-refractivity contribution is 0.583. The number of fused-ring (bicyclic) bond motifs is 3. The first-order chi connectivity index (χ1) is 20.8. The molecule has 200 valence electrons. The topological polar surface area (TPSA) is 99.2 Å². The van der Waals surface area contributed by atoms with Gasteiger partial charge in [-0.15, -0.1) is 27.8 Å². The summed E-state index contributed by atoms with van der Waals surface area (Å²) in [5, 5.41) is 23.9. The van der Waals surface area contributed by atoms with Crippen molar-refractivity contribution in [1.82, 2.24) is 30.6 Å². The first kappa shape index (κ1) is 23.5. The molecular weight excluding hydrogens is 561 g/mol. The Labute approximate surface area is 246 Å². The lowest BCUT2D eigenvalue weighted by atomic mass is 9.86. The van der Waals surface area contributed by atoms with Crippen LogP contribution in [0.4, 0.5) is 0 Å². The number of aromatic amines is 3. The first-order valence-electron chi connectivity index (χ1n) is 13.4. The molecule has 0 unspecified atom stereocenters. The van der Waals surface area contributed by atoms with Crippen LogP contribution in [-0.4, -0.2) is 30.6 Å². The maximum Gasteiger partial charge on any atom is 0.136 e. The first-order valence-corrected chi connectivity index (χ1v) is 15.1. The van der Waals surface area contributed by atoms with Crippen LogP contribution in [0.25, 0.3) is 86.7 Å². The average molecular weight is 581 g/mol. The minimum Gasteiger partial charge on any atom is -0.464 e. The Balaban J connectivity index is 1.53. The van der Waals surface area contributed by atoms with E-state index in [0.717, 1.165) is 77.0 Å². The molecule has 0 fully saturated rings. The Morgan fingerprint density at radius 2 is 1.74 bits per heavy atom. The summed E-state index contributed by atoms with van der Waals surface area (Å²) in [6.45, 7) is 0. The van der Waals surface area contributed by atoms with Gasteiger partial charge in [0.2, 0.25) is 0 Å². The zero-order valence-electron chi connectivity index (χ0n) is 21.9. The van der Waals surface area contributed by atoms with Crippen LogP contribution in [-0.2, 0) is 0 Å². The van der Waals surface area contributed by atoms with Gasteiger partial charge in [-0.05, 0) is 53.9 Å². The summed E-state index contributed by atoms with van der Waals surface area (Å²) < 4.78 is 7.27. The number of thiophene rings is 2. The molecule has 6 aromatic heterocycles. The third-order valence-corrected chi connectivity index (χ3v) is 9.88. The summed E-state index contributed by atoms with van der Waals surface area (Å²) in [7, 11) is 0. The van der Waals surface area contributed by atoms with Crippen LogP contribution in [0.15, 0.2) is 107 Å². The van der Waals surface area contributed by atoms with E-state index in [1.165, 1.54) is 9.75 Å². The van der Waals surface area contributed by atoms with Crippen LogP contribution in [0.2, 0.25) is 0 Å². The summed E-state index contributed by atoms with van der Waals surface area (Å²) in [6, 6.07) is 29.3. The molecule has 0 saturated heterocycles. The molecule has 0 aliphatic heterocycles. The molecule has 0 atom stereocenters. The van der Waals surface area contributed by atoms with Gasteiger partial charge in [0.15, 0.2) is 0 Å². The second-order valence-electron chi connectivity index (χ2n) is 10.1. The van der Waals surface area contributed by atoms with Crippen molar-refractivity contribution in [2.75, 3.05) is 0 Å². The summed E-state index contributed by atoms with van der Waals surface area (Å²) in [6.07, 6.45) is 3.61. The smallest absolute Gasteiger partial charge is 0.136 e. The van der Waals surface area contributed by atoms with E-state index in [-0.39, 0.29) is 0 Å². The molecule has 42 heavy (non-hydrogen) atoms. The van der Waals surface area contributed by atoms with Gasteiger partial charge in [-0.25, -0.2) is 0 Å². The van der Waals surface area contributed by atoms with Crippen LogP contribution >= 0.6 is 22.7 Å². The van der Waals surface area contributed by atoms with Crippen LogP contribution in [0.5, 0.6) is 0 Å². The molecule has 0 saturated carbocycles. The van der Waals surface area contributed by atoms with E-state index in [1.807, 2.05) is 30.5 Å². The maximum absolute atomic E-state index is 6.14. The maximum atomic E-state index is 6.14. The second-order valence-corrected chi connectivity index (χ2v) is 12.1. The molecule has 0 spiro atoms. The Hall–Kier alpha value is -5.25. The highest BCUT2D eigenvalue weighted by Gasteiger charge is 2.28. The fourth-order valence-corrected chi connectivity index (χ4v) is 8.06. The number of aromatic nitrogens is 6. The normalized spacial score (nSPS) is 11.8. The third-order valence-electron chi connectivity index (χ3n) is 7.69. The molecule has 3 aromatic carbocycles. The number of H-pyrrole nitrogens is 3. The van der Waals surface area contributed by atoms with Crippen LogP contribution in [0.3, 0.4) is 0 Å². The Kier molecular flexibility index (Phi) is 5.10. The summed E-state index contributed by atoms with van der Waals surface area (Å²) in [4.78, 5) is 6.09. The molecule has 0 aliphatic carbocycles. The average Bonchev–Trinajstić information content (AvgIpc) is 3.87. The van der Waals surface area contributed by atoms with Crippen molar-refractivity contribution in [3.8, 4) is 54.7 Å². The van der Waals surface area contributed by atoms with Crippen LogP contribution < -0.4 is 0 Å². The van der Waals surface area contributed by atoms with E-state index in [1.54, 1.807) is 28.9 Å². The fraction of sp³-hybridized carbons (Fsp3) is 0. The zero-order valence-corrected chi connectivity index (χ0v) is 23.5. The molecule has 6 heterocycles. The molecule has 0 aliphatic rings. The third kappa shape index (κ3) is 3.47. The van der Waals surface area contributed by atoms with Gasteiger partial charge in [0.25, 0.3) is 0 Å². The van der Waals surface area contributed by atoms with E-state index >= 15 is 0 Å². The molecule has 9 rings (SSSR count). The van der Waals surface area contributed by atoms with Gasteiger partial charge in [-0.3, -0.25) is 10.2 Å². The molecule has 3 N–H and O–H groups in total. The number of benzene rings is 3. The van der Waals surface area contributed by atoms with E-state index in [4.69, 9.17) is 4.42 Å². The molecule has 9 heteroatoms. The minimum atomic E-state index is 0.810. The Bertz CT molecular complexity index is 2320. The van der Waals surface area contributed by atoms with Gasteiger partial charge in [0, 0.05) is 65.6 Å². The number of hydrogen-bond acceptors (Lipinski definition) is 6. The van der Waals surface area contributed by atoms with Crippen molar-refractivity contribution in [3.05, 3.63) is 103 Å². The summed E-state index contributed by atoms with van der Waals surface area (Å²) in [5.41, 5.74) is 9.81. The fourth-order valence-electron chi connectivity index (χ4n) is 5.94. The number of furan rings is 1. The van der Waals surface area contributed by atoms with E-state index < -0.39 is 0 Å². The van der Waals surface area contributed by atoms with Crippen molar-refractivity contribution in [2.24, 2.45) is 0 Å². The summed E-state index contributed by atoms with van der Waals surface area (Å²) >= 11 is 3.51. The summed E-state index contributed by atoms with van der Waals surface area (Å²) in [5.74, 6) is 0.827. The van der Waals surface area contributed by atoms with E-state index in [9.17, 15) is 0 Å². The van der Waals surface area contributed by atoms with Gasteiger partial charge in [0.1, 0.15) is 11.3 Å². The number of nitrogens with one attached hydrogen (secondary N) is 3. The second kappa shape index (κ2) is 9.13. The van der Waals surface area contributed by atoms with Crippen LogP contribution in [0.1, 0.15) is 0 Å². The van der Waals surface area contributed by atoms with E-state index in [0.29, 0.717) is 0 Å². The van der Waals surface area contributed by atoms with Gasteiger partial charge in [-0.1, -0.05) is 41.6 Å². The zero-order chi connectivity index (χ0) is 27.6. The van der Waals surface area contributed by atoms with Gasteiger partial charge in [-0.2, -0.15) is 5.10 Å². The molecule has 0 bridgehead atoms. The van der Waals surface area contributed by atoms with Crippen molar-refractivity contribution in [3.63, 3.8) is 0 Å². The van der Waals surface area contributed by atoms with Gasteiger partial charge < -0.3 is 9.40 Å². The Morgan fingerprint density at radius 1 is 0.786 bits per heavy atom. The highest BCUT2D eigenvalue weighted by molar-refractivity contribution is 7.26. The highest BCUT2D eigenvalue weighted by atomic mass is 32.1. The number of para-hydroxylation sites is 1.